The number of thiophene rings is 1. The lowest BCUT2D eigenvalue weighted by atomic mass is 10.2. The highest BCUT2D eigenvalue weighted by Crippen LogP contribution is 2.25. The van der Waals surface area contributed by atoms with Gasteiger partial charge in [0.15, 0.2) is 0 Å². The van der Waals surface area contributed by atoms with Gasteiger partial charge in [-0.25, -0.2) is 10.4 Å². The zero-order valence-electron chi connectivity index (χ0n) is 14.8. The minimum Gasteiger partial charge on any atom is -0.389 e. The van der Waals surface area contributed by atoms with Crippen molar-refractivity contribution in [3.05, 3.63) is 37.9 Å². The van der Waals surface area contributed by atoms with E-state index in [-0.39, 0.29) is 17.9 Å². The minimum atomic E-state index is -0.378. The van der Waals surface area contributed by atoms with Gasteiger partial charge in [0.2, 0.25) is 5.91 Å². The number of amides is 1. The SMILES string of the molecule is C/C(=N/NC(=O)Cc1nc2sc(C)c(C)c2c(=O)[nH]1)c1c(C)nsc1N. The summed E-state index contributed by atoms with van der Waals surface area (Å²) in [7, 11) is 0. The van der Waals surface area contributed by atoms with Crippen LogP contribution in [0, 0.1) is 20.8 Å². The molecule has 0 atom stereocenters. The molecule has 10 heteroatoms. The number of hydrogen-bond donors (Lipinski definition) is 3. The Hall–Kier alpha value is -2.59. The average Bonchev–Trinajstić information content (AvgIpc) is 3.04. The second-order valence-corrected chi connectivity index (χ2v) is 7.90. The zero-order valence-corrected chi connectivity index (χ0v) is 16.4. The number of fused-ring (bicyclic) bond motifs is 1. The summed E-state index contributed by atoms with van der Waals surface area (Å²) in [5.41, 5.74) is 11.1. The van der Waals surface area contributed by atoms with E-state index in [0.29, 0.717) is 26.8 Å². The normalized spacial score (nSPS) is 11.9. The Labute approximate surface area is 157 Å². The molecule has 0 bridgehead atoms. The van der Waals surface area contributed by atoms with Crippen LogP contribution in [0.3, 0.4) is 0 Å². The molecule has 8 nitrogen and oxygen atoms in total. The van der Waals surface area contributed by atoms with E-state index < -0.39 is 0 Å². The maximum Gasteiger partial charge on any atom is 0.259 e. The number of nitrogens with zero attached hydrogens (tertiary/aromatic N) is 3. The summed E-state index contributed by atoms with van der Waals surface area (Å²) in [5.74, 6) is -0.0711. The Kier molecular flexibility index (Phi) is 4.88. The third kappa shape index (κ3) is 3.37. The van der Waals surface area contributed by atoms with Crippen molar-refractivity contribution in [1.29, 1.82) is 0 Å². The smallest absolute Gasteiger partial charge is 0.259 e. The van der Waals surface area contributed by atoms with Gasteiger partial charge in [0.1, 0.15) is 15.7 Å². The third-order valence-corrected chi connectivity index (χ3v) is 5.88. The van der Waals surface area contributed by atoms with Crippen LogP contribution in [0.4, 0.5) is 5.00 Å². The van der Waals surface area contributed by atoms with Gasteiger partial charge in [-0.3, -0.25) is 9.59 Å². The van der Waals surface area contributed by atoms with Gasteiger partial charge in [0, 0.05) is 4.88 Å². The van der Waals surface area contributed by atoms with Crippen LogP contribution < -0.4 is 16.7 Å². The van der Waals surface area contributed by atoms with E-state index in [4.69, 9.17) is 5.73 Å². The summed E-state index contributed by atoms with van der Waals surface area (Å²) in [4.78, 5) is 33.1. The fourth-order valence-corrected chi connectivity index (χ4v) is 4.37. The number of carbonyl (C=O) groups is 1. The van der Waals surface area contributed by atoms with Crippen molar-refractivity contribution in [3.63, 3.8) is 0 Å². The Morgan fingerprint density at radius 3 is 2.73 bits per heavy atom. The lowest BCUT2D eigenvalue weighted by Gasteiger charge is -2.03. The summed E-state index contributed by atoms with van der Waals surface area (Å²) < 4.78 is 4.15. The van der Waals surface area contributed by atoms with Crippen molar-refractivity contribution in [1.82, 2.24) is 19.8 Å². The lowest BCUT2D eigenvalue weighted by Crippen LogP contribution is -2.24. The van der Waals surface area contributed by atoms with Crippen LogP contribution in [0.2, 0.25) is 0 Å². The first-order valence-corrected chi connectivity index (χ1v) is 9.41. The molecule has 0 saturated carbocycles. The molecule has 0 aliphatic rings. The van der Waals surface area contributed by atoms with Crippen LogP contribution in [-0.4, -0.2) is 26.0 Å². The van der Waals surface area contributed by atoms with Gasteiger partial charge in [-0.2, -0.15) is 9.47 Å². The van der Waals surface area contributed by atoms with Gasteiger partial charge in [0.05, 0.1) is 28.8 Å². The molecule has 3 rings (SSSR count). The maximum absolute atomic E-state index is 12.2. The summed E-state index contributed by atoms with van der Waals surface area (Å²) in [6.45, 7) is 7.41. The first kappa shape index (κ1) is 18.2. The van der Waals surface area contributed by atoms with Gasteiger partial charge in [-0.05, 0) is 44.8 Å². The summed E-state index contributed by atoms with van der Waals surface area (Å²) in [6.07, 6.45) is -0.0751. The fourth-order valence-electron chi connectivity index (χ4n) is 2.60. The second kappa shape index (κ2) is 6.96. The van der Waals surface area contributed by atoms with Crippen molar-refractivity contribution in [2.75, 3.05) is 5.73 Å². The quantitative estimate of drug-likeness (QED) is 0.464. The molecule has 4 N–H and O–H groups in total. The van der Waals surface area contributed by atoms with Crippen molar-refractivity contribution in [3.8, 4) is 0 Å². The lowest BCUT2D eigenvalue weighted by molar-refractivity contribution is -0.120. The summed E-state index contributed by atoms with van der Waals surface area (Å²) in [6, 6.07) is 0. The van der Waals surface area contributed by atoms with E-state index >= 15 is 0 Å². The third-order valence-electron chi connectivity index (χ3n) is 4.02. The highest BCUT2D eigenvalue weighted by molar-refractivity contribution is 7.18. The van der Waals surface area contributed by atoms with Crippen LogP contribution in [0.5, 0.6) is 0 Å². The van der Waals surface area contributed by atoms with Gasteiger partial charge in [-0.15, -0.1) is 11.3 Å². The van der Waals surface area contributed by atoms with Crippen LogP contribution in [-0.2, 0) is 11.2 Å². The number of hydrazone groups is 1. The number of nitrogen functional groups attached to an aromatic ring is 1. The predicted molar refractivity (Wildman–Crippen MR) is 105 cm³/mol. The molecular weight excluding hydrogens is 372 g/mol. The number of H-pyrrole nitrogens is 1. The Bertz CT molecular complexity index is 1070. The Morgan fingerprint density at radius 2 is 2.08 bits per heavy atom. The Morgan fingerprint density at radius 1 is 1.35 bits per heavy atom. The molecule has 136 valence electrons. The average molecular weight is 390 g/mol. The van der Waals surface area contributed by atoms with Gasteiger partial charge >= 0.3 is 0 Å². The summed E-state index contributed by atoms with van der Waals surface area (Å²) in [5, 5.41) is 5.21. The molecule has 0 unspecified atom stereocenters. The van der Waals surface area contributed by atoms with E-state index in [9.17, 15) is 9.59 Å². The number of aromatic amines is 1. The number of carbonyl (C=O) groups excluding carboxylic acids is 1. The van der Waals surface area contributed by atoms with E-state index in [2.05, 4.69) is 24.9 Å². The number of anilines is 1. The largest absolute Gasteiger partial charge is 0.389 e. The molecule has 3 aromatic heterocycles. The van der Waals surface area contributed by atoms with E-state index in [0.717, 1.165) is 21.7 Å². The van der Waals surface area contributed by atoms with E-state index in [1.54, 1.807) is 6.92 Å². The molecule has 3 aromatic rings. The number of rotatable bonds is 4. The Balaban J connectivity index is 1.77. The van der Waals surface area contributed by atoms with E-state index in [1.165, 1.54) is 22.9 Å². The molecule has 0 fully saturated rings. The molecule has 0 aliphatic carbocycles. The molecule has 3 heterocycles. The molecule has 26 heavy (non-hydrogen) atoms. The first-order valence-electron chi connectivity index (χ1n) is 7.82. The number of nitrogens with one attached hydrogen (secondary N) is 2. The molecule has 0 aromatic carbocycles. The van der Waals surface area contributed by atoms with Gasteiger partial charge in [0.25, 0.3) is 5.56 Å². The van der Waals surface area contributed by atoms with Crippen LogP contribution in [0.25, 0.3) is 10.2 Å². The van der Waals surface area contributed by atoms with Crippen LogP contribution in [0.15, 0.2) is 9.90 Å². The summed E-state index contributed by atoms with van der Waals surface area (Å²) >= 11 is 2.63. The highest BCUT2D eigenvalue weighted by Gasteiger charge is 2.14. The van der Waals surface area contributed by atoms with Gasteiger partial charge in [-0.1, -0.05) is 0 Å². The maximum atomic E-state index is 12.2. The standard InChI is InChI=1S/C16H18N6O2S2/c1-6-9(4)25-16-12(6)15(24)18-10(19-16)5-11(23)21-20-7(2)13-8(3)22-26-14(13)17/h5,17H2,1-4H3,(H,21,23)(H,18,19,24)/b20-7-. The topological polar surface area (TPSA) is 126 Å². The van der Waals surface area contributed by atoms with Crippen molar-refractivity contribution in [2.45, 2.75) is 34.1 Å². The highest BCUT2D eigenvalue weighted by atomic mass is 32.1. The predicted octanol–water partition coefficient (Wildman–Crippen LogP) is 2.03. The monoisotopic (exact) mass is 390 g/mol. The zero-order chi connectivity index (χ0) is 19.0. The van der Waals surface area contributed by atoms with Crippen molar-refractivity contribution < 1.29 is 4.79 Å². The second-order valence-electron chi connectivity index (χ2n) is 5.89. The number of aryl methyl sites for hydroxylation is 3. The fraction of sp³-hybridized carbons (Fsp3) is 0.312. The first-order chi connectivity index (χ1) is 12.3. The van der Waals surface area contributed by atoms with Crippen LogP contribution >= 0.6 is 22.9 Å². The number of nitrogens with two attached hydrogens (primary N) is 1. The van der Waals surface area contributed by atoms with Crippen LogP contribution in [0.1, 0.15) is 34.4 Å². The molecule has 0 spiro atoms. The molecular formula is C16H18N6O2S2. The molecule has 0 saturated heterocycles. The van der Waals surface area contributed by atoms with Gasteiger partial charge < -0.3 is 10.7 Å². The number of aromatic nitrogens is 3. The minimum absolute atomic E-state index is 0.0751. The van der Waals surface area contributed by atoms with E-state index in [1.807, 2.05) is 20.8 Å². The molecule has 1 amide bonds. The van der Waals surface area contributed by atoms with Crippen molar-refractivity contribution >= 4 is 49.7 Å². The molecule has 0 radical (unpaired) electrons. The molecule has 0 aliphatic heterocycles. The number of hydrogen-bond acceptors (Lipinski definition) is 8. The van der Waals surface area contributed by atoms with Crippen molar-refractivity contribution in [2.24, 2.45) is 5.10 Å².